The van der Waals surface area contributed by atoms with Gasteiger partial charge in [0.2, 0.25) is 0 Å². The van der Waals surface area contributed by atoms with Gasteiger partial charge in [0.25, 0.3) is 0 Å². The second kappa shape index (κ2) is 2.49. The van der Waals surface area contributed by atoms with Gasteiger partial charge in [0, 0.05) is 5.41 Å². The number of aliphatic hydroxyl groups is 1. The third kappa shape index (κ3) is 1.08. The standard InChI is InChI=1S/C10H12O2/c11-7-10(5-6-10)8-1-3-9(12)4-2-8/h1-4,11-12H,5-7H2. The van der Waals surface area contributed by atoms with E-state index in [1.54, 1.807) is 12.1 Å². The van der Waals surface area contributed by atoms with E-state index >= 15 is 0 Å². The van der Waals surface area contributed by atoms with Crippen LogP contribution in [0.1, 0.15) is 18.4 Å². The Morgan fingerprint density at radius 3 is 2.17 bits per heavy atom. The van der Waals surface area contributed by atoms with Crippen LogP contribution in [0.3, 0.4) is 0 Å². The highest BCUT2D eigenvalue weighted by Crippen LogP contribution is 2.47. The SMILES string of the molecule is OCC1(c2ccc(O)cc2)CC1. The fourth-order valence-electron chi connectivity index (χ4n) is 1.50. The summed E-state index contributed by atoms with van der Waals surface area (Å²) in [6, 6.07) is 7.12. The Labute approximate surface area is 71.5 Å². The van der Waals surface area contributed by atoms with Crippen molar-refractivity contribution in [1.82, 2.24) is 0 Å². The maximum atomic E-state index is 9.12. The first kappa shape index (κ1) is 7.62. The van der Waals surface area contributed by atoms with Gasteiger partial charge in [-0.15, -0.1) is 0 Å². The van der Waals surface area contributed by atoms with Gasteiger partial charge in [-0.25, -0.2) is 0 Å². The monoisotopic (exact) mass is 164 g/mol. The molecule has 0 radical (unpaired) electrons. The summed E-state index contributed by atoms with van der Waals surface area (Å²) >= 11 is 0. The van der Waals surface area contributed by atoms with E-state index in [1.807, 2.05) is 12.1 Å². The predicted molar refractivity (Wildman–Crippen MR) is 46.1 cm³/mol. The number of hydrogen-bond donors (Lipinski definition) is 2. The van der Waals surface area contributed by atoms with Crippen LogP contribution in [0.2, 0.25) is 0 Å². The number of hydrogen-bond acceptors (Lipinski definition) is 2. The highest BCUT2D eigenvalue weighted by Gasteiger charge is 2.43. The van der Waals surface area contributed by atoms with Gasteiger partial charge in [0.15, 0.2) is 0 Å². The normalized spacial score (nSPS) is 19.1. The molecule has 12 heavy (non-hydrogen) atoms. The van der Waals surface area contributed by atoms with Crippen molar-refractivity contribution in [2.45, 2.75) is 18.3 Å². The molecule has 0 aromatic heterocycles. The van der Waals surface area contributed by atoms with Gasteiger partial charge in [-0.3, -0.25) is 0 Å². The van der Waals surface area contributed by atoms with Crippen LogP contribution in [-0.4, -0.2) is 16.8 Å². The number of phenolic OH excluding ortho intramolecular Hbond substituents is 1. The first-order valence-corrected chi connectivity index (χ1v) is 4.17. The largest absolute Gasteiger partial charge is 0.508 e. The Hall–Kier alpha value is -1.02. The van der Waals surface area contributed by atoms with E-state index in [1.165, 1.54) is 0 Å². The Kier molecular flexibility index (Phi) is 1.58. The Morgan fingerprint density at radius 1 is 1.17 bits per heavy atom. The quantitative estimate of drug-likeness (QED) is 0.694. The average Bonchev–Trinajstić information content (AvgIpc) is 2.86. The summed E-state index contributed by atoms with van der Waals surface area (Å²) in [5.41, 5.74) is 1.16. The average molecular weight is 164 g/mol. The fourth-order valence-corrected chi connectivity index (χ4v) is 1.50. The smallest absolute Gasteiger partial charge is 0.115 e. The van der Waals surface area contributed by atoms with E-state index in [-0.39, 0.29) is 17.8 Å². The topological polar surface area (TPSA) is 40.5 Å². The van der Waals surface area contributed by atoms with E-state index in [4.69, 9.17) is 10.2 Å². The highest BCUT2D eigenvalue weighted by molar-refractivity contribution is 5.35. The number of aliphatic hydroxyl groups excluding tert-OH is 1. The third-order valence-electron chi connectivity index (χ3n) is 2.64. The molecule has 0 saturated heterocycles. The molecule has 0 unspecified atom stereocenters. The minimum absolute atomic E-state index is 0.0215. The van der Waals surface area contributed by atoms with Crippen LogP contribution >= 0.6 is 0 Å². The van der Waals surface area contributed by atoms with Gasteiger partial charge in [0.05, 0.1) is 6.61 Å². The van der Waals surface area contributed by atoms with Crippen molar-refractivity contribution in [3.05, 3.63) is 29.8 Å². The molecule has 1 aliphatic carbocycles. The summed E-state index contributed by atoms with van der Waals surface area (Å²) in [7, 11) is 0. The zero-order valence-corrected chi connectivity index (χ0v) is 6.83. The van der Waals surface area contributed by atoms with E-state index in [9.17, 15) is 0 Å². The number of benzene rings is 1. The molecule has 1 saturated carbocycles. The van der Waals surface area contributed by atoms with Crippen LogP contribution in [-0.2, 0) is 5.41 Å². The molecule has 1 fully saturated rings. The Bertz CT molecular complexity index is 272. The molecule has 2 rings (SSSR count). The van der Waals surface area contributed by atoms with Crippen LogP contribution in [0.15, 0.2) is 24.3 Å². The maximum absolute atomic E-state index is 9.12. The summed E-state index contributed by atoms with van der Waals surface area (Å²) in [6.07, 6.45) is 2.13. The zero-order valence-electron chi connectivity index (χ0n) is 6.83. The Balaban J connectivity index is 2.29. The molecule has 2 heteroatoms. The molecule has 2 nitrogen and oxygen atoms in total. The van der Waals surface area contributed by atoms with Crippen molar-refractivity contribution in [2.24, 2.45) is 0 Å². The number of rotatable bonds is 2. The van der Waals surface area contributed by atoms with Gasteiger partial charge < -0.3 is 10.2 Å². The molecule has 0 heterocycles. The number of phenols is 1. The van der Waals surface area contributed by atoms with Crippen molar-refractivity contribution in [3.63, 3.8) is 0 Å². The first-order valence-electron chi connectivity index (χ1n) is 4.17. The minimum Gasteiger partial charge on any atom is -0.508 e. The molecule has 1 aromatic rings. The lowest BCUT2D eigenvalue weighted by molar-refractivity contribution is 0.255. The van der Waals surface area contributed by atoms with Crippen molar-refractivity contribution < 1.29 is 10.2 Å². The summed E-state index contributed by atoms with van der Waals surface area (Å²) in [6.45, 7) is 0.220. The van der Waals surface area contributed by atoms with Crippen molar-refractivity contribution >= 4 is 0 Å². The van der Waals surface area contributed by atoms with Crippen molar-refractivity contribution in [3.8, 4) is 5.75 Å². The number of aromatic hydroxyl groups is 1. The van der Waals surface area contributed by atoms with Gasteiger partial charge in [-0.1, -0.05) is 12.1 Å². The molecular weight excluding hydrogens is 152 g/mol. The summed E-state index contributed by atoms with van der Waals surface area (Å²) < 4.78 is 0. The molecule has 2 N–H and O–H groups in total. The summed E-state index contributed by atoms with van der Waals surface area (Å²) in [5, 5.41) is 18.2. The van der Waals surface area contributed by atoms with E-state index in [0.717, 1.165) is 18.4 Å². The molecule has 0 aliphatic heterocycles. The molecule has 0 bridgehead atoms. The van der Waals surface area contributed by atoms with Crippen LogP contribution in [0, 0.1) is 0 Å². The molecule has 0 amide bonds. The van der Waals surface area contributed by atoms with E-state index in [0.29, 0.717) is 0 Å². The van der Waals surface area contributed by atoms with Gasteiger partial charge in [-0.05, 0) is 30.5 Å². The predicted octanol–water partition coefficient (Wildman–Crippen LogP) is 1.42. The molecule has 1 aromatic carbocycles. The van der Waals surface area contributed by atoms with Crippen LogP contribution in [0.25, 0.3) is 0 Å². The molecule has 64 valence electrons. The van der Waals surface area contributed by atoms with Crippen LogP contribution in [0.5, 0.6) is 5.75 Å². The second-order valence-electron chi connectivity index (χ2n) is 3.49. The van der Waals surface area contributed by atoms with Crippen molar-refractivity contribution in [1.29, 1.82) is 0 Å². The van der Waals surface area contributed by atoms with Gasteiger partial charge in [-0.2, -0.15) is 0 Å². The summed E-state index contributed by atoms with van der Waals surface area (Å²) in [4.78, 5) is 0. The van der Waals surface area contributed by atoms with Gasteiger partial charge in [0.1, 0.15) is 5.75 Å². The lowest BCUT2D eigenvalue weighted by Crippen LogP contribution is -2.11. The van der Waals surface area contributed by atoms with Crippen LogP contribution < -0.4 is 0 Å². The molecule has 0 spiro atoms. The molecular formula is C10H12O2. The lowest BCUT2D eigenvalue weighted by atomic mass is 9.97. The molecule has 0 atom stereocenters. The maximum Gasteiger partial charge on any atom is 0.115 e. The lowest BCUT2D eigenvalue weighted by Gasteiger charge is -2.11. The summed E-state index contributed by atoms with van der Waals surface area (Å²) in [5.74, 6) is 0.285. The second-order valence-corrected chi connectivity index (χ2v) is 3.49. The Morgan fingerprint density at radius 2 is 1.75 bits per heavy atom. The van der Waals surface area contributed by atoms with E-state index in [2.05, 4.69) is 0 Å². The van der Waals surface area contributed by atoms with Gasteiger partial charge >= 0.3 is 0 Å². The molecule has 1 aliphatic rings. The van der Waals surface area contributed by atoms with Crippen LogP contribution in [0.4, 0.5) is 0 Å². The first-order chi connectivity index (χ1) is 5.77. The minimum atomic E-state index is 0.0215. The zero-order chi connectivity index (χ0) is 8.60. The fraction of sp³-hybridized carbons (Fsp3) is 0.400. The highest BCUT2D eigenvalue weighted by atomic mass is 16.3. The van der Waals surface area contributed by atoms with Crippen molar-refractivity contribution in [2.75, 3.05) is 6.61 Å². The third-order valence-corrected chi connectivity index (χ3v) is 2.64. The van der Waals surface area contributed by atoms with E-state index < -0.39 is 0 Å².